The lowest BCUT2D eigenvalue weighted by atomic mass is 10.0. The van der Waals surface area contributed by atoms with Gasteiger partial charge in [0.05, 0.1) is 19.8 Å². The molecule has 4 heteroatoms. The fourth-order valence-electron chi connectivity index (χ4n) is 3.11. The fourth-order valence-corrected chi connectivity index (χ4v) is 3.11. The predicted molar refractivity (Wildman–Crippen MR) is 86.1 cm³/mol. The highest BCUT2D eigenvalue weighted by atomic mass is 16.5. The number of nitrogens with zero attached hydrogens (tertiary/aromatic N) is 1. The molecule has 0 radical (unpaired) electrons. The van der Waals surface area contributed by atoms with Gasteiger partial charge in [0, 0.05) is 30.1 Å². The van der Waals surface area contributed by atoms with Gasteiger partial charge in [0.2, 0.25) is 5.91 Å². The van der Waals surface area contributed by atoms with Gasteiger partial charge >= 0.3 is 0 Å². The Labute approximate surface area is 131 Å². The number of ether oxygens (including phenoxy) is 1. The molecule has 1 aliphatic heterocycles. The van der Waals surface area contributed by atoms with Crippen molar-refractivity contribution in [3.8, 4) is 5.75 Å². The van der Waals surface area contributed by atoms with Crippen LogP contribution in [0.2, 0.25) is 0 Å². The van der Waals surface area contributed by atoms with Crippen molar-refractivity contribution >= 4 is 16.9 Å². The van der Waals surface area contributed by atoms with E-state index in [9.17, 15) is 4.79 Å². The summed E-state index contributed by atoms with van der Waals surface area (Å²) in [6, 6.07) is 5.72. The summed E-state index contributed by atoms with van der Waals surface area (Å²) < 4.78 is 10.8. The van der Waals surface area contributed by atoms with Gasteiger partial charge < -0.3 is 14.1 Å². The lowest BCUT2D eigenvalue weighted by molar-refractivity contribution is -0.130. The molecule has 2 heterocycles. The van der Waals surface area contributed by atoms with Gasteiger partial charge in [-0.05, 0) is 37.3 Å². The molecule has 1 atom stereocenters. The first-order valence-corrected chi connectivity index (χ1v) is 7.99. The van der Waals surface area contributed by atoms with Crippen LogP contribution >= 0.6 is 0 Å². The molecule has 1 amide bonds. The number of methoxy groups -OCH3 is 1. The molecule has 1 saturated heterocycles. The van der Waals surface area contributed by atoms with E-state index in [-0.39, 0.29) is 5.91 Å². The van der Waals surface area contributed by atoms with E-state index in [2.05, 4.69) is 6.92 Å². The zero-order valence-corrected chi connectivity index (χ0v) is 13.3. The zero-order valence-electron chi connectivity index (χ0n) is 13.3. The monoisotopic (exact) mass is 301 g/mol. The third kappa shape index (κ3) is 3.11. The Bertz CT molecular complexity index is 661. The Morgan fingerprint density at radius 1 is 1.36 bits per heavy atom. The van der Waals surface area contributed by atoms with Crippen LogP contribution in [0.3, 0.4) is 0 Å². The molecule has 1 aromatic carbocycles. The first-order chi connectivity index (χ1) is 10.7. The van der Waals surface area contributed by atoms with Crippen molar-refractivity contribution in [3.63, 3.8) is 0 Å². The summed E-state index contributed by atoms with van der Waals surface area (Å²) in [4.78, 5) is 14.6. The van der Waals surface area contributed by atoms with Crippen LogP contribution in [-0.4, -0.2) is 31.0 Å². The lowest BCUT2D eigenvalue weighted by Crippen LogP contribution is -2.33. The number of amides is 1. The Hall–Kier alpha value is -1.97. The van der Waals surface area contributed by atoms with E-state index in [0.29, 0.717) is 6.42 Å². The highest BCUT2D eigenvalue weighted by molar-refractivity contribution is 5.88. The second-order valence-corrected chi connectivity index (χ2v) is 6.22. The summed E-state index contributed by atoms with van der Waals surface area (Å²) in [7, 11) is 1.63. The number of hydrogen-bond donors (Lipinski definition) is 0. The maximum absolute atomic E-state index is 12.6. The number of rotatable bonds is 3. The maximum atomic E-state index is 12.6. The summed E-state index contributed by atoms with van der Waals surface area (Å²) in [6.45, 7) is 4.03. The summed E-state index contributed by atoms with van der Waals surface area (Å²) in [5.74, 6) is 1.69. The van der Waals surface area contributed by atoms with Crippen LogP contribution in [0.4, 0.5) is 0 Å². The largest absolute Gasteiger partial charge is 0.497 e. The van der Waals surface area contributed by atoms with Crippen molar-refractivity contribution < 1.29 is 13.9 Å². The van der Waals surface area contributed by atoms with Crippen molar-refractivity contribution in [2.24, 2.45) is 5.92 Å². The molecular weight excluding hydrogens is 278 g/mol. The summed E-state index contributed by atoms with van der Waals surface area (Å²) >= 11 is 0. The molecule has 0 saturated carbocycles. The van der Waals surface area contributed by atoms with Gasteiger partial charge in [-0.2, -0.15) is 0 Å². The first-order valence-electron chi connectivity index (χ1n) is 7.99. The molecule has 2 aromatic rings. The Kier molecular flexibility index (Phi) is 4.36. The summed E-state index contributed by atoms with van der Waals surface area (Å²) in [5, 5.41) is 0.998. The van der Waals surface area contributed by atoms with E-state index in [1.54, 1.807) is 13.4 Å². The normalized spacial score (nSPS) is 19.2. The molecule has 0 unspecified atom stereocenters. The highest BCUT2D eigenvalue weighted by Gasteiger charge is 2.20. The fraction of sp³-hybridized carbons (Fsp3) is 0.500. The van der Waals surface area contributed by atoms with Crippen LogP contribution in [0.5, 0.6) is 5.75 Å². The van der Waals surface area contributed by atoms with Crippen molar-refractivity contribution in [1.82, 2.24) is 4.90 Å². The number of fused-ring (bicyclic) bond motifs is 1. The average molecular weight is 301 g/mol. The topological polar surface area (TPSA) is 42.7 Å². The summed E-state index contributed by atoms with van der Waals surface area (Å²) in [5.41, 5.74) is 1.73. The van der Waals surface area contributed by atoms with E-state index < -0.39 is 0 Å². The SMILES string of the molecule is COc1ccc2c(CC(=O)N3CCC[C@@H](C)CC3)coc2c1. The van der Waals surface area contributed by atoms with E-state index in [0.717, 1.165) is 54.1 Å². The van der Waals surface area contributed by atoms with Gasteiger partial charge in [-0.1, -0.05) is 6.92 Å². The van der Waals surface area contributed by atoms with Crippen molar-refractivity contribution in [1.29, 1.82) is 0 Å². The molecule has 1 aliphatic rings. The van der Waals surface area contributed by atoms with E-state index >= 15 is 0 Å². The van der Waals surface area contributed by atoms with Crippen LogP contribution in [0, 0.1) is 5.92 Å². The van der Waals surface area contributed by atoms with Crippen LogP contribution in [0.25, 0.3) is 11.0 Å². The van der Waals surface area contributed by atoms with Crippen molar-refractivity contribution in [3.05, 3.63) is 30.0 Å². The number of likely N-dealkylation sites (tertiary alicyclic amines) is 1. The standard InChI is InChI=1S/C18H23NO3/c1-13-4-3-8-19(9-7-13)18(20)10-14-12-22-17-11-15(21-2)5-6-16(14)17/h5-6,11-13H,3-4,7-10H2,1-2H3/t13-/m1/s1. The Morgan fingerprint density at radius 2 is 2.23 bits per heavy atom. The number of benzene rings is 1. The molecule has 0 aliphatic carbocycles. The van der Waals surface area contributed by atoms with Crippen LogP contribution in [-0.2, 0) is 11.2 Å². The van der Waals surface area contributed by atoms with E-state index in [1.165, 1.54) is 6.42 Å². The number of carbonyl (C=O) groups excluding carboxylic acids is 1. The molecule has 0 bridgehead atoms. The van der Waals surface area contributed by atoms with Gasteiger partial charge in [-0.3, -0.25) is 4.79 Å². The first kappa shape index (κ1) is 14.9. The lowest BCUT2D eigenvalue weighted by Gasteiger charge is -2.20. The zero-order chi connectivity index (χ0) is 15.5. The minimum absolute atomic E-state index is 0.201. The molecular formula is C18H23NO3. The maximum Gasteiger partial charge on any atom is 0.227 e. The van der Waals surface area contributed by atoms with Crippen molar-refractivity contribution in [2.75, 3.05) is 20.2 Å². The van der Waals surface area contributed by atoms with Gasteiger partial charge in [-0.15, -0.1) is 0 Å². The molecule has 1 aromatic heterocycles. The smallest absolute Gasteiger partial charge is 0.227 e. The average Bonchev–Trinajstić information content (AvgIpc) is 2.78. The second kappa shape index (κ2) is 6.42. The molecule has 118 valence electrons. The molecule has 0 N–H and O–H groups in total. The molecule has 0 spiro atoms. The highest BCUT2D eigenvalue weighted by Crippen LogP contribution is 2.26. The number of furan rings is 1. The van der Waals surface area contributed by atoms with Gasteiger partial charge in [0.15, 0.2) is 0 Å². The molecule has 4 nitrogen and oxygen atoms in total. The van der Waals surface area contributed by atoms with Crippen LogP contribution in [0.15, 0.2) is 28.9 Å². The number of hydrogen-bond acceptors (Lipinski definition) is 3. The van der Waals surface area contributed by atoms with Crippen LogP contribution < -0.4 is 4.74 Å². The Balaban J connectivity index is 1.73. The summed E-state index contributed by atoms with van der Waals surface area (Å²) in [6.07, 6.45) is 5.54. The second-order valence-electron chi connectivity index (χ2n) is 6.22. The van der Waals surface area contributed by atoms with Gasteiger partial charge in [0.25, 0.3) is 0 Å². The minimum Gasteiger partial charge on any atom is -0.497 e. The predicted octanol–water partition coefficient (Wildman–Crippen LogP) is 3.63. The molecule has 22 heavy (non-hydrogen) atoms. The van der Waals surface area contributed by atoms with Gasteiger partial charge in [-0.25, -0.2) is 0 Å². The third-order valence-corrected chi connectivity index (χ3v) is 4.57. The Morgan fingerprint density at radius 3 is 3.05 bits per heavy atom. The molecule has 3 rings (SSSR count). The van der Waals surface area contributed by atoms with E-state index in [4.69, 9.17) is 9.15 Å². The minimum atomic E-state index is 0.201. The van der Waals surface area contributed by atoms with Crippen molar-refractivity contribution in [2.45, 2.75) is 32.6 Å². The molecule has 1 fully saturated rings. The van der Waals surface area contributed by atoms with Crippen LogP contribution in [0.1, 0.15) is 31.7 Å². The quantitative estimate of drug-likeness (QED) is 0.869. The third-order valence-electron chi connectivity index (χ3n) is 4.57. The number of carbonyl (C=O) groups is 1. The van der Waals surface area contributed by atoms with E-state index in [1.807, 2.05) is 23.1 Å². The van der Waals surface area contributed by atoms with Gasteiger partial charge in [0.1, 0.15) is 11.3 Å².